The van der Waals surface area contributed by atoms with Crippen LogP contribution in [0.15, 0.2) is 30.3 Å². The van der Waals surface area contributed by atoms with Crippen LogP contribution in [0, 0.1) is 18.8 Å². The predicted octanol–water partition coefficient (Wildman–Crippen LogP) is 2.19. The summed E-state index contributed by atoms with van der Waals surface area (Å²) < 4.78 is 0. The SMILES string of the molecule is Cc1ccc2cc(CN3CC4CNCC4C3)ccc2n1. The molecule has 2 aromatic rings. The lowest BCUT2D eigenvalue weighted by Crippen LogP contribution is -2.25. The van der Waals surface area contributed by atoms with Crippen molar-refractivity contribution in [2.24, 2.45) is 11.8 Å². The molecular weight excluding hydrogens is 246 g/mol. The highest BCUT2D eigenvalue weighted by molar-refractivity contribution is 5.79. The first-order chi connectivity index (χ1) is 9.78. The van der Waals surface area contributed by atoms with Gasteiger partial charge in [-0.15, -0.1) is 0 Å². The summed E-state index contributed by atoms with van der Waals surface area (Å²) >= 11 is 0. The zero-order valence-electron chi connectivity index (χ0n) is 12.0. The summed E-state index contributed by atoms with van der Waals surface area (Å²) in [4.78, 5) is 7.18. The second-order valence-corrected chi connectivity index (χ2v) is 6.35. The molecule has 4 rings (SSSR count). The molecule has 0 radical (unpaired) electrons. The molecule has 1 aromatic heterocycles. The normalized spacial score (nSPS) is 26.2. The molecule has 0 bridgehead atoms. The number of likely N-dealkylation sites (tertiary alicyclic amines) is 1. The lowest BCUT2D eigenvalue weighted by atomic mass is 10.0. The number of hydrogen-bond donors (Lipinski definition) is 1. The summed E-state index contributed by atoms with van der Waals surface area (Å²) in [6, 6.07) is 11.0. The minimum absolute atomic E-state index is 0.875. The number of hydrogen-bond acceptors (Lipinski definition) is 3. The van der Waals surface area contributed by atoms with Crippen LogP contribution in [-0.2, 0) is 6.54 Å². The van der Waals surface area contributed by atoms with Gasteiger partial charge in [-0.25, -0.2) is 0 Å². The molecule has 0 aliphatic carbocycles. The largest absolute Gasteiger partial charge is 0.316 e. The first-order valence-electron chi connectivity index (χ1n) is 7.57. The fourth-order valence-corrected chi connectivity index (χ4v) is 3.72. The van der Waals surface area contributed by atoms with Crippen molar-refractivity contribution < 1.29 is 0 Å². The van der Waals surface area contributed by atoms with E-state index >= 15 is 0 Å². The van der Waals surface area contributed by atoms with E-state index in [1.54, 1.807) is 0 Å². The van der Waals surface area contributed by atoms with Crippen LogP contribution in [0.3, 0.4) is 0 Å². The molecule has 3 nitrogen and oxygen atoms in total. The van der Waals surface area contributed by atoms with Gasteiger partial charge in [0, 0.05) is 30.7 Å². The monoisotopic (exact) mass is 267 g/mol. The van der Waals surface area contributed by atoms with Crippen LogP contribution in [0.25, 0.3) is 10.9 Å². The highest BCUT2D eigenvalue weighted by Crippen LogP contribution is 2.27. The maximum Gasteiger partial charge on any atom is 0.0705 e. The quantitative estimate of drug-likeness (QED) is 0.904. The Labute approximate surface area is 120 Å². The van der Waals surface area contributed by atoms with E-state index < -0.39 is 0 Å². The van der Waals surface area contributed by atoms with Crippen molar-refractivity contribution in [1.29, 1.82) is 0 Å². The molecule has 2 saturated heterocycles. The third-order valence-corrected chi connectivity index (χ3v) is 4.76. The van der Waals surface area contributed by atoms with Gasteiger partial charge >= 0.3 is 0 Å². The van der Waals surface area contributed by atoms with E-state index in [1.165, 1.54) is 37.1 Å². The molecule has 2 aliphatic rings. The molecule has 3 heteroatoms. The molecule has 20 heavy (non-hydrogen) atoms. The Morgan fingerprint density at radius 3 is 2.75 bits per heavy atom. The lowest BCUT2D eigenvalue weighted by Gasteiger charge is -2.17. The fourth-order valence-electron chi connectivity index (χ4n) is 3.72. The van der Waals surface area contributed by atoms with Crippen molar-refractivity contribution in [2.75, 3.05) is 26.2 Å². The lowest BCUT2D eigenvalue weighted by molar-refractivity contribution is 0.306. The van der Waals surface area contributed by atoms with E-state index in [9.17, 15) is 0 Å². The summed E-state index contributed by atoms with van der Waals surface area (Å²) in [6.45, 7) is 8.05. The third kappa shape index (κ3) is 2.21. The van der Waals surface area contributed by atoms with Gasteiger partial charge in [-0.05, 0) is 55.6 Å². The number of rotatable bonds is 2. The van der Waals surface area contributed by atoms with Gasteiger partial charge < -0.3 is 5.32 Å². The number of aromatic nitrogens is 1. The summed E-state index contributed by atoms with van der Waals surface area (Å²) in [6.07, 6.45) is 0. The Kier molecular flexibility index (Phi) is 2.97. The Morgan fingerprint density at radius 1 is 1.15 bits per heavy atom. The van der Waals surface area contributed by atoms with Crippen LogP contribution in [-0.4, -0.2) is 36.1 Å². The molecule has 104 valence electrons. The van der Waals surface area contributed by atoms with E-state index in [0.29, 0.717) is 0 Å². The zero-order valence-corrected chi connectivity index (χ0v) is 12.0. The van der Waals surface area contributed by atoms with Crippen LogP contribution >= 0.6 is 0 Å². The van der Waals surface area contributed by atoms with Crippen molar-refractivity contribution >= 4 is 10.9 Å². The Balaban J connectivity index is 1.53. The molecule has 0 spiro atoms. The number of pyridine rings is 1. The Hall–Kier alpha value is -1.45. The van der Waals surface area contributed by atoms with Crippen LogP contribution in [0.4, 0.5) is 0 Å². The standard InChI is InChI=1S/C17H21N3/c1-12-2-4-14-6-13(3-5-17(14)19-12)9-20-10-15-7-18-8-16(15)11-20/h2-6,15-16,18H,7-11H2,1H3. The van der Waals surface area contributed by atoms with Crippen LogP contribution < -0.4 is 5.32 Å². The number of fused-ring (bicyclic) bond motifs is 2. The molecule has 1 aromatic carbocycles. The number of benzene rings is 1. The molecule has 2 unspecified atom stereocenters. The highest BCUT2D eigenvalue weighted by Gasteiger charge is 2.35. The van der Waals surface area contributed by atoms with Crippen LogP contribution in [0.1, 0.15) is 11.3 Å². The van der Waals surface area contributed by atoms with Gasteiger partial charge in [0.15, 0.2) is 0 Å². The average Bonchev–Trinajstić information content (AvgIpc) is 3.00. The van der Waals surface area contributed by atoms with E-state index in [0.717, 1.165) is 29.6 Å². The van der Waals surface area contributed by atoms with Crippen molar-refractivity contribution in [3.63, 3.8) is 0 Å². The summed E-state index contributed by atoms with van der Waals surface area (Å²) in [5.74, 6) is 1.75. The van der Waals surface area contributed by atoms with Gasteiger partial charge in [0.25, 0.3) is 0 Å². The summed E-state index contributed by atoms with van der Waals surface area (Å²) in [5, 5.41) is 4.76. The van der Waals surface area contributed by atoms with Gasteiger partial charge in [0.2, 0.25) is 0 Å². The van der Waals surface area contributed by atoms with Gasteiger partial charge in [-0.2, -0.15) is 0 Å². The molecule has 2 aliphatic heterocycles. The van der Waals surface area contributed by atoms with Gasteiger partial charge in [-0.3, -0.25) is 9.88 Å². The second-order valence-electron chi connectivity index (χ2n) is 6.35. The van der Waals surface area contributed by atoms with E-state index in [4.69, 9.17) is 0 Å². The minimum Gasteiger partial charge on any atom is -0.316 e. The molecule has 2 atom stereocenters. The topological polar surface area (TPSA) is 28.2 Å². The first-order valence-corrected chi connectivity index (χ1v) is 7.57. The van der Waals surface area contributed by atoms with Crippen LogP contribution in [0.5, 0.6) is 0 Å². The predicted molar refractivity (Wildman–Crippen MR) is 81.6 cm³/mol. The van der Waals surface area contributed by atoms with Crippen molar-refractivity contribution in [3.05, 3.63) is 41.6 Å². The molecule has 0 saturated carbocycles. The summed E-state index contributed by atoms with van der Waals surface area (Å²) in [5.41, 5.74) is 3.61. The Bertz CT molecular complexity index is 625. The molecule has 1 N–H and O–H groups in total. The van der Waals surface area contributed by atoms with Gasteiger partial charge in [0.05, 0.1) is 5.52 Å². The third-order valence-electron chi connectivity index (χ3n) is 4.76. The number of nitrogens with one attached hydrogen (secondary N) is 1. The van der Waals surface area contributed by atoms with E-state index in [1.807, 2.05) is 6.92 Å². The van der Waals surface area contributed by atoms with Crippen molar-refractivity contribution in [3.8, 4) is 0 Å². The van der Waals surface area contributed by atoms with Crippen molar-refractivity contribution in [2.45, 2.75) is 13.5 Å². The number of aryl methyl sites for hydroxylation is 1. The van der Waals surface area contributed by atoms with E-state index in [2.05, 4.69) is 45.5 Å². The summed E-state index contributed by atoms with van der Waals surface area (Å²) in [7, 11) is 0. The molecule has 0 amide bonds. The average molecular weight is 267 g/mol. The van der Waals surface area contributed by atoms with Crippen LogP contribution in [0.2, 0.25) is 0 Å². The first kappa shape index (κ1) is 12.3. The zero-order chi connectivity index (χ0) is 13.5. The molecular formula is C17H21N3. The second kappa shape index (κ2) is 4.83. The molecule has 3 heterocycles. The van der Waals surface area contributed by atoms with Crippen molar-refractivity contribution in [1.82, 2.24) is 15.2 Å². The maximum absolute atomic E-state index is 4.57. The fraction of sp³-hybridized carbons (Fsp3) is 0.471. The highest BCUT2D eigenvalue weighted by atomic mass is 15.2. The smallest absolute Gasteiger partial charge is 0.0705 e. The van der Waals surface area contributed by atoms with Gasteiger partial charge in [-0.1, -0.05) is 12.1 Å². The molecule has 2 fully saturated rings. The minimum atomic E-state index is 0.875. The van der Waals surface area contributed by atoms with Gasteiger partial charge in [0.1, 0.15) is 0 Å². The Morgan fingerprint density at radius 2 is 1.95 bits per heavy atom. The van der Waals surface area contributed by atoms with E-state index in [-0.39, 0.29) is 0 Å². The number of nitrogens with zero attached hydrogens (tertiary/aromatic N) is 2. The maximum atomic E-state index is 4.57.